The maximum atomic E-state index is 13.4. The summed E-state index contributed by atoms with van der Waals surface area (Å²) < 4.78 is 7.72. The molecule has 3 saturated heterocycles. The van der Waals surface area contributed by atoms with Crippen molar-refractivity contribution in [2.75, 3.05) is 26.2 Å². The van der Waals surface area contributed by atoms with Gasteiger partial charge in [0.25, 0.3) is 0 Å². The molecule has 4 aliphatic rings. The Balaban J connectivity index is 1.46. The summed E-state index contributed by atoms with van der Waals surface area (Å²) in [7, 11) is 1.95. The predicted molar refractivity (Wildman–Crippen MR) is 83.5 cm³/mol. The van der Waals surface area contributed by atoms with Crippen LogP contribution in [0, 0.1) is 17.8 Å². The lowest BCUT2D eigenvalue weighted by Gasteiger charge is -2.50. The number of rotatable bonds is 2. The highest BCUT2D eigenvalue weighted by molar-refractivity contribution is 5.81. The molecule has 5 rings (SSSR count). The van der Waals surface area contributed by atoms with Crippen LogP contribution >= 0.6 is 0 Å². The zero-order valence-electron chi connectivity index (χ0n) is 13.6. The van der Waals surface area contributed by atoms with Crippen LogP contribution in [0.25, 0.3) is 0 Å². The average Bonchev–Trinajstić information content (AvgIpc) is 3.23. The van der Waals surface area contributed by atoms with Gasteiger partial charge in [-0.3, -0.25) is 9.48 Å². The number of amides is 1. The van der Waals surface area contributed by atoms with Gasteiger partial charge in [-0.2, -0.15) is 5.10 Å². The van der Waals surface area contributed by atoms with Crippen LogP contribution in [0.15, 0.2) is 12.4 Å². The topological polar surface area (TPSA) is 59.4 Å². The van der Waals surface area contributed by atoms with Crippen molar-refractivity contribution >= 4 is 5.91 Å². The Hall–Kier alpha value is -1.40. The number of hydrogen-bond acceptors (Lipinski definition) is 4. The molecule has 2 unspecified atom stereocenters. The second kappa shape index (κ2) is 4.80. The van der Waals surface area contributed by atoms with Crippen LogP contribution in [0.3, 0.4) is 0 Å². The summed E-state index contributed by atoms with van der Waals surface area (Å²) in [5.41, 5.74) is 1.14. The third kappa shape index (κ3) is 1.76. The summed E-state index contributed by atoms with van der Waals surface area (Å²) in [6.45, 7) is 3.29. The van der Waals surface area contributed by atoms with Crippen molar-refractivity contribution in [3.8, 4) is 0 Å². The lowest BCUT2D eigenvalue weighted by Crippen LogP contribution is -2.55. The molecule has 23 heavy (non-hydrogen) atoms. The lowest BCUT2D eigenvalue weighted by atomic mass is 9.64. The van der Waals surface area contributed by atoms with Crippen molar-refractivity contribution in [3.05, 3.63) is 18.0 Å². The Morgan fingerprint density at radius 3 is 3.09 bits per heavy atom. The Morgan fingerprint density at radius 1 is 1.43 bits per heavy atom. The first-order valence-electron chi connectivity index (χ1n) is 8.83. The van der Waals surface area contributed by atoms with Crippen LogP contribution in [0.4, 0.5) is 0 Å². The van der Waals surface area contributed by atoms with Crippen molar-refractivity contribution in [1.29, 1.82) is 0 Å². The van der Waals surface area contributed by atoms with Gasteiger partial charge in [-0.05, 0) is 25.2 Å². The number of nitrogens with one attached hydrogen (secondary N) is 1. The van der Waals surface area contributed by atoms with E-state index in [0.717, 1.165) is 32.5 Å². The Morgan fingerprint density at radius 2 is 2.35 bits per heavy atom. The number of carbonyl (C=O) groups excluding carboxylic acids is 1. The lowest BCUT2D eigenvalue weighted by molar-refractivity contribution is -0.146. The summed E-state index contributed by atoms with van der Waals surface area (Å²) in [4.78, 5) is 15.5. The van der Waals surface area contributed by atoms with Gasteiger partial charge in [-0.15, -0.1) is 0 Å². The van der Waals surface area contributed by atoms with Gasteiger partial charge in [0, 0.05) is 44.4 Å². The largest absolute Gasteiger partial charge is 0.376 e. The number of aryl methyl sites for hydroxylation is 1. The smallest absolute Gasteiger partial charge is 0.229 e. The van der Waals surface area contributed by atoms with Crippen molar-refractivity contribution in [2.24, 2.45) is 24.8 Å². The number of hydrogen-bond donors (Lipinski definition) is 1. The van der Waals surface area contributed by atoms with Gasteiger partial charge in [-0.1, -0.05) is 0 Å². The second-order valence-corrected chi connectivity index (χ2v) is 7.64. The molecule has 1 saturated carbocycles. The monoisotopic (exact) mass is 316 g/mol. The molecule has 0 bridgehead atoms. The molecule has 1 aliphatic carbocycles. The highest BCUT2D eigenvalue weighted by Crippen LogP contribution is 2.57. The molecule has 6 heteroatoms. The van der Waals surface area contributed by atoms with Crippen LogP contribution in [-0.4, -0.2) is 52.9 Å². The molecule has 0 spiro atoms. The maximum Gasteiger partial charge on any atom is 0.229 e. The van der Waals surface area contributed by atoms with E-state index in [1.54, 1.807) is 0 Å². The Kier molecular flexibility index (Phi) is 2.92. The Bertz CT molecular complexity index is 644. The summed E-state index contributed by atoms with van der Waals surface area (Å²) in [5.74, 6) is 1.30. The number of fused-ring (bicyclic) bond motifs is 2. The SMILES string of the molecule is Cn1cc(C23CCC2CCN3C(=O)[C@@H]2CO[C@@H]3CNC[C@@H]32)cn1. The number of ether oxygens (including phenoxy) is 1. The Labute approximate surface area is 136 Å². The van der Waals surface area contributed by atoms with E-state index < -0.39 is 0 Å². The number of likely N-dealkylation sites (tertiary alicyclic amines) is 1. The minimum atomic E-state index is -0.0878. The number of aromatic nitrogens is 2. The fourth-order valence-corrected chi connectivity index (χ4v) is 5.40. The molecule has 1 amide bonds. The summed E-state index contributed by atoms with van der Waals surface area (Å²) in [6, 6.07) is 0. The average molecular weight is 316 g/mol. The summed E-state index contributed by atoms with van der Waals surface area (Å²) in [6.07, 6.45) is 7.73. The fraction of sp³-hybridized carbons (Fsp3) is 0.765. The zero-order valence-corrected chi connectivity index (χ0v) is 13.6. The summed E-state index contributed by atoms with van der Waals surface area (Å²) >= 11 is 0. The van der Waals surface area contributed by atoms with E-state index in [0.29, 0.717) is 24.3 Å². The molecule has 3 aliphatic heterocycles. The second-order valence-electron chi connectivity index (χ2n) is 7.64. The minimum absolute atomic E-state index is 0.0305. The normalized spacial score (nSPS) is 41.7. The molecule has 0 aromatic carbocycles. The van der Waals surface area contributed by atoms with E-state index in [4.69, 9.17) is 4.74 Å². The predicted octanol–water partition coefficient (Wildman–Crippen LogP) is 0.492. The van der Waals surface area contributed by atoms with Crippen LogP contribution in [0.2, 0.25) is 0 Å². The molecule has 0 radical (unpaired) electrons. The van der Waals surface area contributed by atoms with E-state index >= 15 is 0 Å². The molecule has 4 heterocycles. The first-order chi connectivity index (χ1) is 11.2. The van der Waals surface area contributed by atoms with Crippen molar-refractivity contribution in [2.45, 2.75) is 30.9 Å². The molecule has 124 valence electrons. The van der Waals surface area contributed by atoms with E-state index in [9.17, 15) is 4.79 Å². The molecule has 1 aromatic rings. The van der Waals surface area contributed by atoms with Crippen molar-refractivity contribution in [3.63, 3.8) is 0 Å². The van der Waals surface area contributed by atoms with Crippen LogP contribution < -0.4 is 5.32 Å². The molecule has 5 atom stereocenters. The first-order valence-corrected chi connectivity index (χ1v) is 8.83. The number of nitrogens with zero attached hydrogens (tertiary/aromatic N) is 3. The third-order valence-corrected chi connectivity index (χ3v) is 6.73. The van der Waals surface area contributed by atoms with Gasteiger partial charge in [0.1, 0.15) is 0 Å². The van der Waals surface area contributed by atoms with Gasteiger partial charge >= 0.3 is 0 Å². The zero-order chi connectivity index (χ0) is 15.6. The van der Waals surface area contributed by atoms with Gasteiger partial charge in [0.2, 0.25) is 5.91 Å². The maximum absolute atomic E-state index is 13.4. The van der Waals surface area contributed by atoms with Crippen LogP contribution in [-0.2, 0) is 22.1 Å². The molecule has 1 N–H and O–H groups in total. The van der Waals surface area contributed by atoms with Gasteiger partial charge in [-0.25, -0.2) is 0 Å². The van der Waals surface area contributed by atoms with E-state index in [-0.39, 0.29) is 17.6 Å². The molecular formula is C17H24N4O2. The van der Waals surface area contributed by atoms with Crippen molar-refractivity contribution in [1.82, 2.24) is 20.0 Å². The van der Waals surface area contributed by atoms with E-state index in [1.165, 1.54) is 12.0 Å². The molecule has 4 fully saturated rings. The fourth-order valence-electron chi connectivity index (χ4n) is 5.40. The number of carbonyl (C=O) groups is 1. The van der Waals surface area contributed by atoms with Gasteiger partial charge in [0.15, 0.2) is 0 Å². The minimum Gasteiger partial charge on any atom is -0.376 e. The van der Waals surface area contributed by atoms with Crippen LogP contribution in [0.1, 0.15) is 24.8 Å². The highest BCUT2D eigenvalue weighted by atomic mass is 16.5. The molecular weight excluding hydrogens is 292 g/mol. The first kappa shape index (κ1) is 14.0. The molecule has 1 aromatic heterocycles. The van der Waals surface area contributed by atoms with E-state index in [2.05, 4.69) is 21.5 Å². The third-order valence-electron chi connectivity index (χ3n) is 6.73. The van der Waals surface area contributed by atoms with Crippen molar-refractivity contribution < 1.29 is 9.53 Å². The van der Waals surface area contributed by atoms with Crippen LogP contribution in [0.5, 0.6) is 0 Å². The standard InChI is InChI=1S/C17H24N4O2/c1-20-9-12(6-19-20)17-4-2-11(17)3-5-21(17)16(22)14-10-23-15-8-18-7-13(14)15/h6,9,11,13-15,18H,2-5,7-8,10H2,1H3/t11?,13-,14-,15-,17?/m1/s1. The molecule has 6 nitrogen and oxygen atoms in total. The van der Waals surface area contributed by atoms with Gasteiger partial charge < -0.3 is 15.0 Å². The quantitative estimate of drug-likeness (QED) is 0.863. The highest BCUT2D eigenvalue weighted by Gasteiger charge is 2.60. The van der Waals surface area contributed by atoms with E-state index in [1.807, 2.05) is 17.9 Å². The summed E-state index contributed by atoms with van der Waals surface area (Å²) in [5, 5.41) is 7.73. The van der Waals surface area contributed by atoms with Gasteiger partial charge in [0.05, 0.1) is 30.4 Å².